The van der Waals surface area contributed by atoms with E-state index in [1.54, 1.807) is 0 Å². The zero-order valence-electron chi connectivity index (χ0n) is 8.50. The van der Waals surface area contributed by atoms with Crippen molar-refractivity contribution in [2.45, 2.75) is 18.9 Å². The van der Waals surface area contributed by atoms with Crippen molar-refractivity contribution >= 4 is 39.1 Å². The third-order valence-corrected chi connectivity index (χ3v) is 4.14. The molecule has 1 aliphatic rings. The second-order valence-corrected chi connectivity index (χ2v) is 5.90. The Bertz CT molecular complexity index is 337. The molecular formula is C11H15BrN2S. The molecular weight excluding hydrogens is 272 g/mol. The van der Waals surface area contributed by atoms with Crippen molar-refractivity contribution in [3.8, 4) is 0 Å². The smallest absolute Gasteiger partial charge is 0.0576 e. The predicted octanol–water partition coefficient (Wildman–Crippen LogP) is 3.34. The number of nitrogens with one attached hydrogen (secondary N) is 1. The molecule has 0 amide bonds. The number of halogens is 1. The Balaban J connectivity index is 2.03. The Morgan fingerprint density at radius 1 is 1.33 bits per heavy atom. The fourth-order valence-electron chi connectivity index (χ4n) is 1.73. The van der Waals surface area contributed by atoms with Crippen molar-refractivity contribution in [1.29, 1.82) is 0 Å². The molecule has 0 radical (unpaired) electrons. The lowest BCUT2D eigenvalue weighted by molar-refractivity contribution is 0.667. The van der Waals surface area contributed by atoms with Crippen LogP contribution in [0.2, 0.25) is 0 Å². The zero-order valence-corrected chi connectivity index (χ0v) is 10.9. The number of thioether (sulfide) groups is 1. The van der Waals surface area contributed by atoms with E-state index < -0.39 is 0 Å². The number of hydrogen-bond donors (Lipinski definition) is 2. The van der Waals surface area contributed by atoms with Crippen molar-refractivity contribution in [2.24, 2.45) is 0 Å². The summed E-state index contributed by atoms with van der Waals surface area (Å²) in [5, 5.41) is 3.52. The molecule has 0 spiro atoms. The number of nitrogens with two attached hydrogens (primary N) is 1. The van der Waals surface area contributed by atoms with Gasteiger partial charge in [0.25, 0.3) is 0 Å². The number of benzene rings is 1. The minimum Gasteiger partial charge on any atom is -0.397 e. The standard InChI is InChI=1S/C11H15BrN2S/c12-8-1-2-11(10(13)7-8)14-9-3-5-15-6-4-9/h1-2,7,9,14H,3-6,13H2. The molecule has 0 atom stereocenters. The minimum absolute atomic E-state index is 0.592. The molecule has 15 heavy (non-hydrogen) atoms. The molecule has 2 rings (SSSR count). The van der Waals surface area contributed by atoms with Crippen molar-refractivity contribution in [3.05, 3.63) is 22.7 Å². The molecule has 1 aromatic rings. The second kappa shape index (κ2) is 5.12. The molecule has 3 N–H and O–H groups in total. The maximum absolute atomic E-state index is 5.94. The molecule has 4 heteroatoms. The lowest BCUT2D eigenvalue weighted by Gasteiger charge is -2.24. The van der Waals surface area contributed by atoms with Crippen LogP contribution in [0, 0.1) is 0 Å². The van der Waals surface area contributed by atoms with Gasteiger partial charge in [0.05, 0.1) is 11.4 Å². The fraction of sp³-hybridized carbons (Fsp3) is 0.455. The van der Waals surface area contributed by atoms with Gasteiger partial charge in [-0.1, -0.05) is 15.9 Å². The highest BCUT2D eigenvalue weighted by Gasteiger charge is 2.13. The molecule has 1 saturated heterocycles. The summed E-state index contributed by atoms with van der Waals surface area (Å²) in [5.41, 5.74) is 7.83. The van der Waals surface area contributed by atoms with Crippen molar-refractivity contribution in [3.63, 3.8) is 0 Å². The van der Waals surface area contributed by atoms with E-state index in [9.17, 15) is 0 Å². The van der Waals surface area contributed by atoms with Crippen LogP contribution in [-0.2, 0) is 0 Å². The van der Waals surface area contributed by atoms with Crippen LogP contribution in [0.15, 0.2) is 22.7 Å². The quantitative estimate of drug-likeness (QED) is 0.819. The van der Waals surface area contributed by atoms with Gasteiger partial charge in [-0.3, -0.25) is 0 Å². The summed E-state index contributed by atoms with van der Waals surface area (Å²) in [5.74, 6) is 2.52. The summed E-state index contributed by atoms with van der Waals surface area (Å²) < 4.78 is 1.03. The minimum atomic E-state index is 0.592. The lowest BCUT2D eigenvalue weighted by atomic mass is 10.1. The van der Waals surface area contributed by atoms with Crippen LogP contribution in [0.4, 0.5) is 11.4 Å². The van der Waals surface area contributed by atoms with Crippen LogP contribution in [0.1, 0.15) is 12.8 Å². The lowest BCUT2D eigenvalue weighted by Crippen LogP contribution is -2.24. The van der Waals surface area contributed by atoms with E-state index in [2.05, 4.69) is 21.2 Å². The highest BCUT2D eigenvalue weighted by molar-refractivity contribution is 9.10. The van der Waals surface area contributed by atoms with Gasteiger partial charge in [0.1, 0.15) is 0 Å². The van der Waals surface area contributed by atoms with Crippen LogP contribution in [0.25, 0.3) is 0 Å². The van der Waals surface area contributed by atoms with Gasteiger partial charge in [-0.25, -0.2) is 0 Å². The molecule has 1 fully saturated rings. The Labute approximate surface area is 103 Å². The first-order valence-corrected chi connectivity index (χ1v) is 7.10. The van der Waals surface area contributed by atoms with E-state index in [0.29, 0.717) is 6.04 Å². The van der Waals surface area contributed by atoms with Gasteiger partial charge in [-0.15, -0.1) is 0 Å². The van der Waals surface area contributed by atoms with E-state index >= 15 is 0 Å². The third-order valence-electron chi connectivity index (χ3n) is 2.59. The molecule has 2 nitrogen and oxygen atoms in total. The van der Waals surface area contributed by atoms with Crippen LogP contribution in [0.3, 0.4) is 0 Å². The third kappa shape index (κ3) is 3.05. The first-order valence-electron chi connectivity index (χ1n) is 5.15. The molecule has 1 heterocycles. The Morgan fingerprint density at radius 3 is 2.73 bits per heavy atom. The molecule has 0 bridgehead atoms. The van der Waals surface area contributed by atoms with Gasteiger partial charge in [0, 0.05) is 10.5 Å². The highest BCUT2D eigenvalue weighted by atomic mass is 79.9. The van der Waals surface area contributed by atoms with Crippen LogP contribution < -0.4 is 11.1 Å². The van der Waals surface area contributed by atoms with Crippen molar-refractivity contribution < 1.29 is 0 Å². The Kier molecular flexibility index (Phi) is 3.81. The second-order valence-electron chi connectivity index (χ2n) is 3.76. The summed E-state index contributed by atoms with van der Waals surface area (Å²) >= 11 is 5.45. The maximum atomic E-state index is 5.94. The topological polar surface area (TPSA) is 38.0 Å². The van der Waals surface area contributed by atoms with Crippen molar-refractivity contribution in [2.75, 3.05) is 22.6 Å². The first-order chi connectivity index (χ1) is 7.25. The summed E-state index contributed by atoms with van der Waals surface area (Å²) in [6, 6.07) is 6.60. The van der Waals surface area contributed by atoms with Gasteiger partial charge in [-0.2, -0.15) is 11.8 Å². The number of rotatable bonds is 2. The van der Waals surface area contributed by atoms with Gasteiger partial charge >= 0.3 is 0 Å². The molecule has 0 unspecified atom stereocenters. The number of nitrogen functional groups attached to an aromatic ring is 1. The molecule has 1 aliphatic heterocycles. The monoisotopic (exact) mass is 286 g/mol. The molecule has 0 aliphatic carbocycles. The fourth-order valence-corrected chi connectivity index (χ4v) is 3.21. The summed E-state index contributed by atoms with van der Waals surface area (Å²) in [6.45, 7) is 0. The van der Waals surface area contributed by atoms with Crippen LogP contribution in [-0.4, -0.2) is 17.5 Å². The predicted molar refractivity (Wildman–Crippen MR) is 72.5 cm³/mol. The van der Waals surface area contributed by atoms with E-state index in [1.165, 1.54) is 24.3 Å². The summed E-state index contributed by atoms with van der Waals surface area (Å²) in [6.07, 6.45) is 2.47. The maximum Gasteiger partial charge on any atom is 0.0576 e. The average Bonchev–Trinajstić information content (AvgIpc) is 2.24. The number of hydrogen-bond acceptors (Lipinski definition) is 3. The van der Waals surface area contributed by atoms with Gasteiger partial charge in [-0.05, 0) is 42.5 Å². The average molecular weight is 287 g/mol. The van der Waals surface area contributed by atoms with Crippen LogP contribution >= 0.6 is 27.7 Å². The summed E-state index contributed by atoms with van der Waals surface area (Å²) in [7, 11) is 0. The van der Waals surface area contributed by atoms with Gasteiger partial charge in [0.2, 0.25) is 0 Å². The SMILES string of the molecule is Nc1cc(Br)ccc1NC1CCSCC1. The highest BCUT2D eigenvalue weighted by Crippen LogP contribution is 2.26. The molecule has 1 aromatic carbocycles. The van der Waals surface area contributed by atoms with E-state index in [0.717, 1.165) is 15.8 Å². The Morgan fingerprint density at radius 2 is 2.07 bits per heavy atom. The molecule has 0 saturated carbocycles. The van der Waals surface area contributed by atoms with Gasteiger partial charge < -0.3 is 11.1 Å². The molecule has 0 aromatic heterocycles. The van der Waals surface area contributed by atoms with E-state index in [1.807, 2.05) is 30.0 Å². The van der Waals surface area contributed by atoms with E-state index in [4.69, 9.17) is 5.73 Å². The normalized spacial score (nSPS) is 17.7. The zero-order chi connectivity index (χ0) is 10.7. The summed E-state index contributed by atoms with van der Waals surface area (Å²) in [4.78, 5) is 0. The Hall–Kier alpha value is -0.350. The van der Waals surface area contributed by atoms with Crippen molar-refractivity contribution in [1.82, 2.24) is 0 Å². The van der Waals surface area contributed by atoms with Gasteiger partial charge in [0.15, 0.2) is 0 Å². The number of anilines is 2. The van der Waals surface area contributed by atoms with E-state index in [-0.39, 0.29) is 0 Å². The molecule has 82 valence electrons. The largest absolute Gasteiger partial charge is 0.397 e. The van der Waals surface area contributed by atoms with Crippen LogP contribution in [0.5, 0.6) is 0 Å². The first kappa shape index (κ1) is 11.1.